The van der Waals surface area contributed by atoms with Gasteiger partial charge in [0.25, 0.3) is 0 Å². The van der Waals surface area contributed by atoms with Crippen molar-refractivity contribution in [3.63, 3.8) is 0 Å². The molecule has 1 aliphatic rings. The van der Waals surface area contributed by atoms with Crippen molar-refractivity contribution in [2.45, 2.75) is 18.8 Å². The van der Waals surface area contributed by atoms with Crippen molar-refractivity contribution in [1.82, 2.24) is 9.97 Å². The number of aromatic nitrogens is 2. The first-order valence-corrected chi connectivity index (χ1v) is 5.77. The van der Waals surface area contributed by atoms with Crippen LogP contribution in [0, 0.1) is 11.6 Å². The topological polar surface area (TPSA) is 37.9 Å². The highest BCUT2D eigenvalue weighted by Gasteiger charge is 2.26. The van der Waals surface area contributed by atoms with Crippen LogP contribution in [-0.4, -0.2) is 17.1 Å². The summed E-state index contributed by atoms with van der Waals surface area (Å²) < 4.78 is 32.1. The summed E-state index contributed by atoms with van der Waals surface area (Å²) in [7, 11) is 1.30. The van der Waals surface area contributed by atoms with Gasteiger partial charge in [-0.05, 0) is 18.9 Å². The van der Waals surface area contributed by atoms with Crippen LogP contribution in [0.3, 0.4) is 0 Å². The number of nitrogens with one attached hydrogen (secondary N) is 1. The highest BCUT2D eigenvalue weighted by molar-refractivity contribution is 5.58. The SMILES string of the molecule is COc1cc(F)c(-c2ncc(C3CC3)[nH]2)cc1F. The highest BCUT2D eigenvalue weighted by atomic mass is 19.1. The van der Waals surface area contributed by atoms with E-state index >= 15 is 0 Å². The molecule has 2 aromatic rings. The van der Waals surface area contributed by atoms with Gasteiger partial charge in [-0.3, -0.25) is 0 Å². The Morgan fingerprint density at radius 2 is 2.06 bits per heavy atom. The fourth-order valence-electron chi connectivity index (χ4n) is 1.94. The molecule has 0 aliphatic heterocycles. The van der Waals surface area contributed by atoms with Gasteiger partial charge in [0.1, 0.15) is 11.6 Å². The van der Waals surface area contributed by atoms with Crippen LogP contribution in [0.15, 0.2) is 18.3 Å². The third kappa shape index (κ3) is 1.85. The van der Waals surface area contributed by atoms with Crippen molar-refractivity contribution in [2.24, 2.45) is 0 Å². The minimum Gasteiger partial charge on any atom is -0.494 e. The first-order valence-electron chi connectivity index (χ1n) is 5.77. The maximum atomic E-state index is 13.8. The predicted octanol–water partition coefficient (Wildman–Crippen LogP) is 3.24. The molecule has 1 heterocycles. The maximum Gasteiger partial charge on any atom is 0.165 e. The van der Waals surface area contributed by atoms with Gasteiger partial charge in [-0.25, -0.2) is 13.8 Å². The van der Waals surface area contributed by atoms with Gasteiger partial charge in [-0.2, -0.15) is 0 Å². The molecule has 0 spiro atoms. The van der Waals surface area contributed by atoms with Crippen molar-refractivity contribution >= 4 is 0 Å². The number of halogens is 2. The van der Waals surface area contributed by atoms with E-state index in [0.717, 1.165) is 30.7 Å². The summed E-state index contributed by atoms with van der Waals surface area (Å²) in [5.41, 5.74) is 1.11. The molecule has 1 aromatic heterocycles. The second-order valence-electron chi connectivity index (χ2n) is 4.43. The summed E-state index contributed by atoms with van der Waals surface area (Å²) in [5, 5.41) is 0. The van der Waals surface area contributed by atoms with E-state index in [4.69, 9.17) is 4.74 Å². The number of methoxy groups -OCH3 is 1. The van der Waals surface area contributed by atoms with E-state index in [2.05, 4.69) is 9.97 Å². The van der Waals surface area contributed by atoms with Crippen LogP contribution in [0.2, 0.25) is 0 Å². The summed E-state index contributed by atoms with van der Waals surface area (Å²) in [6.45, 7) is 0. The minimum absolute atomic E-state index is 0.106. The summed E-state index contributed by atoms with van der Waals surface area (Å²) in [4.78, 5) is 7.14. The Bertz CT molecular complexity index is 591. The molecule has 3 rings (SSSR count). The van der Waals surface area contributed by atoms with Gasteiger partial charge in [-0.15, -0.1) is 0 Å². The molecular formula is C13H12F2N2O. The first kappa shape index (κ1) is 11.2. The van der Waals surface area contributed by atoms with Crippen LogP contribution in [0.25, 0.3) is 11.4 Å². The Labute approximate surface area is 103 Å². The van der Waals surface area contributed by atoms with Crippen molar-refractivity contribution < 1.29 is 13.5 Å². The molecule has 18 heavy (non-hydrogen) atoms. The summed E-state index contributed by atoms with van der Waals surface area (Å²) in [6, 6.07) is 2.13. The second-order valence-corrected chi connectivity index (χ2v) is 4.43. The fourth-order valence-corrected chi connectivity index (χ4v) is 1.94. The quantitative estimate of drug-likeness (QED) is 0.908. The van der Waals surface area contributed by atoms with E-state index in [1.807, 2.05) is 0 Å². The lowest BCUT2D eigenvalue weighted by atomic mass is 10.2. The Hall–Kier alpha value is -1.91. The number of rotatable bonds is 3. The number of ether oxygens (including phenoxy) is 1. The minimum atomic E-state index is -0.599. The average Bonchev–Trinajstić information content (AvgIpc) is 3.10. The van der Waals surface area contributed by atoms with Crippen molar-refractivity contribution in [1.29, 1.82) is 0 Å². The molecule has 0 atom stereocenters. The molecule has 0 bridgehead atoms. The lowest BCUT2D eigenvalue weighted by Gasteiger charge is -2.05. The average molecular weight is 250 g/mol. The van der Waals surface area contributed by atoms with Crippen LogP contribution in [0.5, 0.6) is 5.75 Å². The van der Waals surface area contributed by atoms with E-state index in [9.17, 15) is 8.78 Å². The molecule has 0 saturated heterocycles. The lowest BCUT2D eigenvalue weighted by molar-refractivity contribution is 0.383. The smallest absolute Gasteiger partial charge is 0.165 e. The molecule has 3 nitrogen and oxygen atoms in total. The van der Waals surface area contributed by atoms with E-state index in [1.54, 1.807) is 6.20 Å². The Balaban J connectivity index is 2.01. The molecule has 0 unspecified atom stereocenters. The zero-order valence-corrected chi connectivity index (χ0v) is 9.84. The first-order chi connectivity index (χ1) is 8.69. The molecule has 1 N–H and O–H groups in total. The van der Waals surface area contributed by atoms with Gasteiger partial charge < -0.3 is 9.72 Å². The lowest BCUT2D eigenvalue weighted by Crippen LogP contribution is -1.94. The Morgan fingerprint density at radius 3 is 2.72 bits per heavy atom. The zero-order chi connectivity index (χ0) is 12.7. The van der Waals surface area contributed by atoms with Crippen LogP contribution in [0.1, 0.15) is 24.5 Å². The van der Waals surface area contributed by atoms with Crippen molar-refractivity contribution in [2.75, 3.05) is 7.11 Å². The molecule has 1 fully saturated rings. The zero-order valence-electron chi connectivity index (χ0n) is 9.84. The van der Waals surface area contributed by atoms with Gasteiger partial charge in [0, 0.05) is 23.9 Å². The summed E-state index contributed by atoms with van der Waals surface area (Å²) in [6.07, 6.45) is 3.94. The normalized spacial score (nSPS) is 14.8. The molecule has 1 aliphatic carbocycles. The third-order valence-corrected chi connectivity index (χ3v) is 3.11. The van der Waals surface area contributed by atoms with Gasteiger partial charge in [0.05, 0.1) is 12.7 Å². The van der Waals surface area contributed by atoms with Crippen molar-refractivity contribution in [3.8, 4) is 17.1 Å². The van der Waals surface area contributed by atoms with Crippen LogP contribution < -0.4 is 4.74 Å². The van der Waals surface area contributed by atoms with Crippen LogP contribution in [0.4, 0.5) is 8.78 Å². The predicted molar refractivity (Wildman–Crippen MR) is 62.5 cm³/mol. The molecule has 1 aromatic carbocycles. The number of nitrogens with zero attached hydrogens (tertiary/aromatic N) is 1. The standard InChI is InChI=1S/C13H12F2N2O/c1-18-12-5-9(14)8(4-10(12)15)13-16-6-11(17-13)7-2-3-7/h4-7H,2-3H2,1H3,(H,16,17). The monoisotopic (exact) mass is 250 g/mol. The largest absolute Gasteiger partial charge is 0.494 e. The Kier molecular flexibility index (Phi) is 2.54. The number of hydrogen-bond donors (Lipinski definition) is 1. The molecule has 0 amide bonds. The number of H-pyrrole nitrogens is 1. The summed E-state index contributed by atoms with van der Waals surface area (Å²) >= 11 is 0. The molecule has 94 valence electrons. The number of aromatic amines is 1. The fraction of sp³-hybridized carbons (Fsp3) is 0.308. The van der Waals surface area contributed by atoms with E-state index in [-0.39, 0.29) is 11.3 Å². The van der Waals surface area contributed by atoms with Crippen molar-refractivity contribution in [3.05, 3.63) is 35.7 Å². The van der Waals surface area contributed by atoms with Gasteiger partial charge in [0.15, 0.2) is 11.6 Å². The summed E-state index contributed by atoms with van der Waals surface area (Å²) in [5.74, 6) is -0.401. The van der Waals surface area contributed by atoms with E-state index in [0.29, 0.717) is 11.7 Å². The Morgan fingerprint density at radius 1 is 1.28 bits per heavy atom. The molecular weight excluding hydrogens is 238 g/mol. The molecule has 5 heteroatoms. The number of imidazole rings is 1. The maximum absolute atomic E-state index is 13.8. The van der Waals surface area contributed by atoms with E-state index < -0.39 is 11.6 Å². The molecule has 1 saturated carbocycles. The van der Waals surface area contributed by atoms with Gasteiger partial charge >= 0.3 is 0 Å². The second kappa shape index (κ2) is 4.08. The van der Waals surface area contributed by atoms with Crippen LogP contribution in [-0.2, 0) is 0 Å². The van der Waals surface area contributed by atoms with E-state index in [1.165, 1.54) is 7.11 Å². The van der Waals surface area contributed by atoms with Gasteiger partial charge in [0.2, 0.25) is 0 Å². The number of hydrogen-bond acceptors (Lipinski definition) is 2. The third-order valence-electron chi connectivity index (χ3n) is 3.11. The number of benzene rings is 1. The van der Waals surface area contributed by atoms with Crippen LogP contribution >= 0.6 is 0 Å². The van der Waals surface area contributed by atoms with Gasteiger partial charge in [-0.1, -0.05) is 0 Å². The highest BCUT2D eigenvalue weighted by Crippen LogP contribution is 2.39. The molecule has 0 radical (unpaired) electrons.